The minimum Gasteiger partial charge on any atom is -0.382 e. The number of halogens is 3. The van der Waals surface area contributed by atoms with Crippen LogP contribution in [-0.2, 0) is 0 Å². The highest BCUT2D eigenvalue weighted by atomic mass is 35.5. The van der Waals surface area contributed by atoms with Gasteiger partial charge in [0.1, 0.15) is 0 Å². The molecule has 0 saturated heterocycles. The van der Waals surface area contributed by atoms with Crippen molar-refractivity contribution < 1.29 is 8.78 Å². The van der Waals surface area contributed by atoms with Crippen LogP contribution in [0.25, 0.3) is 0 Å². The van der Waals surface area contributed by atoms with Crippen LogP contribution >= 0.6 is 12.4 Å². The van der Waals surface area contributed by atoms with Crippen LogP contribution in [0.5, 0.6) is 0 Å². The zero-order valence-corrected chi connectivity index (χ0v) is 8.94. The Morgan fingerprint density at radius 3 is 2.64 bits per heavy atom. The summed E-state index contributed by atoms with van der Waals surface area (Å²) in [5.41, 5.74) is 1.29. The second-order valence-corrected chi connectivity index (χ2v) is 2.81. The Hall–Kier alpha value is -0.840. The van der Waals surface area contributed by atoms with Crippen LogP contribution in [0.1, 0.15) is 25.6 Å². The fourth-order valence-electron chi connectivity index (χ4n) is 1.01. The van der Waals surface area contributed by atoms with Gasteiger partial charge in [-0.25, -0.2) is 4.68 Å². The van der Waals surface area contributed by atoms with E-state index in [-0.39, 0.29) is 12.4 Å². The van der Waals surface area contributed by atoms with Crippen LogP contribution in [0.3, 0.4) is 0 Å². The Balaban J connectivity index is 0.00000169. The average Bonchev–Trinajstić information content (AvgIpc) is 2.44. The van der Waals surface area contributed by atoms with Crippen molar-refractivity contribution in [2.24, 2.45) is 0 Å². The lowest BCUT2D eigenvalue weighted by atomic mass is 10.4. The van der Waals surface area contributed by atoms with Gasteiger partial charge in [-0.15, -0.1) is 12.4 Å². The molecule has 0 unspecified atom stereocenters. The highest BCUT2D eigenvalue weighted by Crippen LogP contribution is 2.17. The molecule has 0 fully saturated rings. The molecule has 6 heteroatoms. The van der Waals surface area contributed by atoms with Gasteiger partial charge in [-0.1, -0.05) is 6.92 Å². The van der Waals surface area contributed by atoms with Crippen LogP contribution in [0.2, 0.25) is 0 Å². The van der Waals surface area contributed by atoms with Gasteiger partial charge in [-0.05, 0) is 13.3 Å². The van der Waals surface area contributed by atoms with Crippen molar-refractivity contribution in [1.29, 1.82) is 0 Å². The highest BCUT2D eigenvalue weighted by molar-refractivity contribution is 5.85. The summed E-state index contributed by atoms with van der Waals surface area (Å²) in [5.74, 6) is 0. The van der Waals surface area contributed by atoms with Gasteiger partial charge >= 0.3 is 6.55 Å². The van der Waals surface area contributed by atoms with Crippen LogP contribution in [0, 0.1) is 6.92 Å². The van der Waals surface area contributed by atoms with E-state index in [1.807, 2.05) is 6.92 Å². The summed E-state index contributed by atoms with van der Waals surface area (Å²) < 4.78 is 25.0. The molecule has 0 bridgehead atoms. The lowest BCUT2D eigenvalue weighted by Crippen LogP contribution is -1.99. The quantitative estimate of drug-likeness (QED) is 0.854. The van der Waals surface area contributed by atoms with Crippen LogP contribution < -0.4 is 5.32 Å². The predicted octanol–water partition coefficient (Wildman–Crippen LogP) is 2.83. The molecule has 0 radical (unpaired) electrons. The number of nitrogens with zero attached hydrogens (tertiary/aromatic N) is 2. The fourth-order valence-corrected chi connectivity index (χ4v) is 1.01. The van der Waals surface area contributed by atoms with Crippen molar-refractivity contribution >= 4 is 18.1 Å². The molecular weight excluding hydrogens is 212 g/mol. The number of anilines is 1. The maximum atomic E-state index is 12.2. The lowest BCUT2D eigenvalue weighted by Gasteiger charge is -2.00. The van der Waals surface area contributed by atoms with Crippen molar-refractivity contribution in [3.63, 3.8) is 0 Å². The molecule has 0 aliphatic rings. The Bertz CT molecular complexity index is 276. The molecule has 0 spiro atoms. The van der Waals surface area contributed by atoms with Crippen LogP contribution in [0.15, 0.2) is 6.20 Å². The number of nitrogens with one attached hydrogen (secondary N) is 1. The molecule has 0 saturated carbocycles. The van der Waals surface area contributed by atoms with Gasteiger partial charge in [-0.2, -0.15) is 13.9 Å². The predicted molar refractivity (Wildman–Crippen MR) is 54.2 cm³/mol. The third-order valence-electron chi connectivity index (χ3n) is 1.68. The smallest absolute Gasteiger partial charge is 0.333 e. The molecule has 82 valence electrons. The fraction of sp³-hybridized carbons (Fsp3) is 0.625. The average molecular weight is 226 g/mol. The zero-order chi connectivity index (χ0) is 9.84. The number of hydrogen-bond donors (Lipinski definition) is 1. The topological polar surface area (TPSA) is 29.9 Å². The molecule has 1 N–H and O–H groups in total. The van der Waals surface area contributed by atoms with E-state index >= 15 is 0 Å². The molecule has 3 nitrogen and oxygen atoms in total. The molecule has 1 heterocycles. The van der Waals surface area contributed by atoms with E-state index in [9.17, 15) is 8.78 Å². The van der Waals surface area contributed by atoms with Crippen molar-refractivity contribution in [2.45, 2.75) is 26.8 Å². The van der Waals surface area contributed by atoms with Crippen LogP contribution in [0.4, 0.5) is 14.5 Å². The van der Waals surface area contributed by atoms with Gasteiger partial charge in [0.2, 0.25) is 0 Å². The number of hydrogen-bond acceptors (Lipinski definition) is 2. The minimum atomic E-state index is -2.56. The SMILES string of the molecule is CCCNc1cn(C(F)F)nc1C.Cl. The van der Waals surface area contributed by atoms with E-state index < -0.39 is 6.55 Å². The number of aryl methyl sites for hydroxylation is 1. The molecule has 0 aliphatic carbocycles. The first-order valence-corrected chi connectivity index (χ1v) is 4.23. The first-order chi connectivity index (χ1) is 6.15. The number of rotatable bonds is 4. The summed E-state index contributed by atoms with van der Waals surface area (Å²) in [5, 5.41) is 6.69. The Morgan fingerprint density at radius 1 is 1.57 bits per heavy atom. The van der Waals surface area contributed by atoms with E-state index in [0.29, 0.717) is 16.1 Å². The van der Waals surface area contributed by atoms with E-state index in [0.717, 1.165) is 13.0 Å². The Kier molecular flexibility index (Phi) is 5.45. The molecule has 0 aliphatic heterocycles. The van der Waals surface area contributed by atoms with Gasteiger partial charge in [0.05, 0.1) is 17.6 Å². The molecular formula is C8H14ClF2N3. The second kappa shape index (κ2) is 5.80. The van der Waals surface area contributed by atoms with Gasteiger partial charge in [0.25, 0.3) is 0 Å². The van der Waals surface area contributed by atoms with Crippen molar-refractivity contribution in [2.75, 3.05) is 11.9 Å². The van der Waals surface area contributed by atoms with Crippen molar-refractivity contribution in [3.05, 3.63) is 11.9 Å². The molecule has 0 atom stereocenters. The normalized spacial score (nSPS) is 10.1. The van der Waals surface area contributed by atoms with E-state index in [1.165, 1.54) is 6.20 Å². The van der Waals surface area contributed by atoms with E-state index in [4.69, 9.17) is 0 Å². The summed E-state index contributed by atoms with van der Waals surface area (Å²) in [4.78, 5) is 0. The molecule has 0 amide bonds. The summed E-state index contributed by atoms with van der Waals surface area (Å²) in [6, 6.07) is 0. The summed E-state index contributed by atoms with van der Waals surface area (Å²) >= 11 is 0. The summed E-state index contributed by atoms with van der Waals surface area (Å²) in [7, 11) is 0. The number of alkyl halides is 2. The first kappa shape index (κ1) is 13.2. The van der Waals surface area contributed by atoms with Crippen molar-refractivity contribution in [1.82, 2.24) is 9.78 Å². The zero-order valence-electron chi connectivity index (χ0n) is 8.13. The Labute approximate surface area is 87.9 Å². The van der Waals surface area contributed by atoms with E-state index in [1.54, 1.807) is 6.92 Å². The first-order valence-electron chi connectivity index (χ1n) is 4.23. The molecule has 1 rings (SSSR count). The van der Waals surface area contributed by atoms with Gasteiger partial charge in [0.15, 0.2) is 0 Å². The van der Waals surface area contributed by atoms with E-state index in [2.05, 4.69) is 10.4 Å². The van der Waals surface area contributed by atoms with Gasteiger partial charge < -0.3 is 5.32 Å². The van der Waals surface area contributed by atoms with Crippen molar-refractivity contribution in [3.8, 4) is 0 Å². The maximum absolute atomic E-state index is 12.2. The summed E-state index contributed by atoms with van der Waals surface area (Å²) in [6.45, 7) is 1.93. The lowest BCUT2D eigenvalue weighted by molar-refractivity contribution is 0.0563. The monoisotopic (exact) mass is 225 g/mol. The van der Waals surface area contributed by atoms with Gasteiger partial charge in [-0.3, -0.25) is 0 Å². The standard InChI is InChI=1S/C8H13F2N3.ClH/c1-3-4-11-7-5-13(8(9)10)12-6(7)2;/h5,8,11H,3-4H2,1-2H3;1H. The minimum absolute atomic E-state index is 0. The molecule has 0 aromatic carbocycles. The molecule has 1 aromatic heterocycles. The second-order valence-electron chi connectivity index (χ2n) is 2.81. The number of aromatic nitrogens is 2. The summed E-state index contributed by atoms with van der Waals surface area (Å²) in [6.07, 6.45) is 2.29. The Morgan fingerprint density at radius 2 is 2.21 bits per heavy atom. The maximum Gasteiger partial charge on any atom is 0.333 e. The molecule has 14 heavy (non-hydrogen) atoms. The van der Waals surface area contributed by atoms with Crippen LogP contribution in [-0.4, -0.2) is 16.3 Å². The third kappa shape index (κ3) is 3.14. The highest BCUT2D eigenvalue weighted by Gasteiger charge is 2.10. The third-order valence-corrected chi connectivity index (χ3v) is 1.68. The largest absolute Gasteiger partial charge is 0.382 e. The molecule has 1 aromatic rings. The van der Waals surface area contributed by atoms with Gasteiger partial charge in [0, 0.05) is 6.54 Å².